The molecule has 0 aromatic carbocycles. The van der Waals surface area contributed by atoms with Gasteiger partial charge in [0.1, 0.15) is 6.04 Å². The van der Waals surface area contributed by atoms with Crippen LogP contribution in [0, 0.1) is 12.3 Å². The maximum absolute atomic E-state index is 5.08. The number of nitrogens with two attached hydrogens (primary N) is 2. The summed E-state index contributed by atoms with van der Waals surface area (Å²) in [4.78, 5) is 3.70. The van der Waals surface area contributed by atoms with Crippen LogP contribution in [0.15, 0.2) is 4.99 Å². The molecule has 4 nitrogen and oxygen atoms in total. The van der Waals surface area contributed by atoms with Crippen molar-refractivity contribution in [2.45, 2.75) is 6.04 Å². The van der Waals surface area contributed by atoms with Gasteiger partial charge >= 0.3 is 0 Å². The van der Waals surface area contributed by atoms with Crippen LogP contribution in [0.2, 0.25) is 0 Å². The highest BCUT2D eigenvalue weighted by Gasteiger charge is 1.99. The summed E-state index contributed by atoms with van der Waals surface area (Å²) in [7, 11) is 1.53. The van der Waals surface area contributed by atoms with Crippen molar-refractivity contribution >= 4 is 5.96 Å². The van der Waals surface area contributed by atoms with Crippen LogP contribution in [0.4, 0.5) is 0 Å². The number of rotatable bonds is 3. The average Bonchev–Trinajstić information content (AvgIpc) is 1.86. The minimum atomic E-state index is -0.366. The number of methoxy groups -OCH3 is 1. The molecular weight excluding hydrogens is 130 g/mol. The summed E-state index contributed by atoms with van der Waals surface area (Å²) in [5.41, 5.74) is 10.2. The molecule has 56 valence electrons. The average molecular weight is 141 g/mol. The Bertz CT molecular complexity index is 155. The maximum atomic E-state index is 5.08. The first-order chi connectivity index (χ1) is 4.70. The molecular formula is C6H11N3O. The topological polar surface area (TPSA) is 73.6 Å². The highest BCUT2D eigenvalue weighted by Crippen LogP contribution is 1.87. The van der Waals surface area contributed by atoms with Crippen molar-refractivity contribution in [3.8, 4) is 12.3 Å². The lowest BCUT2D eigenvalue weighted by atomic mass is 10.3. The molecule has 4 heteroatoms. The minimum absolute atomic E-state index is 0.0139. The summed E-state index contributed by atoms with van der Waals surface area (Å²) in [5, 5.41) is 0. The first-order valence-corrected chi connectivity index (χ1v) is 2.74. The van der Waals surface area contributed by atoms with E-state index in [9.17, 15) is 0 Å². The smallest absolute Gasteiger partial charge is 0.187 e. The van der Waals surface area contributed by atoms with Gasteiger partial charge in [0.05, 0.1) is 6.61 Å². The van der Waals surface area contributed by atoms with E-state index in [1.54, 1.807) is 0 Å². The Balaban J connectivity index is 3.86. The predicted molar refractivity (Wildman–Crippen MR) is 40.3 cm³/mol. The molecule has 0 aromatic rings. The highest BCUT2D eigenvalue weighted by molar-refractivity contribution is 5.76. The van der Waals surface area contributed by atoms with Crippen molar-refractivity contribution in [2.24, 2.45) is 16.5 Å². The zero-order valence-corrected chi connectivity index (χ0v) is 5.87. The molecule has 0 aliphatic heterocycles. The number of nitrogens with zero attached hydrogens (tertiary/aromatic N) is 1. The van der Waals surface area contributed by atoms with E-state index in [0.717, 1.165) is 0 Å². The summed E-state index contributed by atoms with van der Waals surface area (Å²) < 4.78 is 4.74. The van der Waals surface area contributed by atoms with Gasteiger partial charge in [-0.05, 0) is 0 Å². The van der Waals surface area contributed by atoms with Crippen LogP contribution in [0.3, 0.4) is 0 Å². The first-order valence-electron chi connectivity index (χ1n) is 2.74. The number of ether oxygens (including phenoxy) is 1. The molecule has 10 heavy (non-hydrogen) atoms. The molecule has 0 radical (unpaired) electrons. The van der Waals surface area contributed by atoms with Crippen molar-refractivity contribution in [3.05, 3.63) is 0 Å². The van der Waals surface area contributed by atoms with Crippen molar-refractivity contribution in [2.75, 3.05) is 13.7 Å². The Kier molecular flexibility index (Phi) is 4.09. The lowest BCUT2D eigenvalue weighted by molar-refractivity contribution is 0.194. The van der Waals surface area contributed by atoms with E-state index in [1.165, 1.54) is 7.11 Å². The third-order valence-electron chi connectivity index (χ3n) is 0.822. The fraction of sp³-hybridized carbons (Fsp3) is 0.500. The molecule has 1 unspecified atom stereocenters. The molecule has 4 N–H and O–H groups in total. The Morgan fingerprint density at radius 2 is 2.40 bits per heavy atom. The highest BCUT2D eigenvalue weighted by atomic mass is 16.5. The van der Waals surface area contributed by atoms with E-state index >= 15 is 0 Å². The third-order valence-corrected chi connectivity index (χ3v) is 0.822. The summed E-state index contributed by atoms with van der Waals surface area (Å²) in [6, 6.07) is -0.366. The SMILES string of the molecule is C#CC(COC)N=C(N)N. The number of guanidine groups is 1. The summed E-state index contributed by atoms with van der Waals surface area (Å²) >= 11 is 0. The summed E-state index contributed by atoms with van der Waals surface area (Å²) in [6.45, 7) is 0.342. The van der Waals surface area contributed by atoms with Crippen LogP contribution in [0.25, 0.3) is 0 Å². The van der Waals surface area contributed by atoms with E-state index < -0.39 is 0 Å². The van der Waals surface area contributed by atoms with E-state index in [2.05, 4.69) is 10.9 Å². The molecule has 1 atom stereocenters. The van der Waals surface area contributed by atoms with Crippen LogP contribution >= 0.6 is 0 Å². The predicted octanol–water partition coefficient (Wildman–Crippen LogP) is -1.09. The normalized spacial score (nSPS) is 11.6. The van der Waals surface area contributed by atoms with E-state index in [-0.39, 0.29) is 12.0 Å². The van der Waals surface area contributed by atoms with E-state index in [1.807, 2.05) is 0 Å². The van der Waals surface area contributed by atoms with Gasteiger partial charge in [0.2, 0.25) is 0 Å². The molecule has 0 aliphatic rings. The van der Waals surface area contributed by atoms with Gasteiger partial charge in [-0.1, -0.05) is 5.92 Å². The van der Waals surface area contributed by atoms with Crippen molar-refractivity contribution < 1.29 is 4.74 Å². The largest absolute Gasteiger partial charge is 0.381 e. The number of terminal acetylenes is 1. The monoisotopic (exact) mass is 141 g/mol. The molecule has 0 rings (SSSR count). The van der Waals surface area contributed by atoms with Crippen LogP contribution in [-0.4, -0.2) is 25.7 Å². The van der Waals surface area contributed by atoms with E-state index in [0.29, 0.717) is 6.61 Å². The molecule has 0 aromatic heterocycles. The van der Waals surface area contributed by atoms with E-state index in [4.69, 9.17) is 22.6 Å². The lowest BCUT2D eigenvalue weighted by Gasteiger charge is -2.02. The summed E-state index contributed by atoms with van der Waals surface area (Å²) in [5.74, 6) is 2.35. The quantitative estimate of drug-likeness (QED) is 0.298. The van der Waals surface area contributed by atoms with Crippen molar-refractivity contribution in [3.63, 3.8) is 0 Å². The Labute approximate surface area is 60.3 Å². The van der Waals surface area contributed by atoms with Crippen LogP contribution < -0.4 is 11.5 Å². The van der Waals surface area contributed by atoms with Crippen molar-refractivity contribution in [1.29, 1.82) is 0 Å². The Hall–Kier alpha value is -1.21. The first kappa shape index (κ1) is 8.79. The number of hydrogen-bond acceptors (Lipinski definition) is 2. The molecule has 0 heterocycles. The number of aliphatic imine (C=N–C) groups is 1. The zero-order chi connectivity index (χ0) is 7.98. The molecule has 0 amide bonds. The maximum Gasteiger partial charge on any atom is 0.187 e. The molecule has 0 aliphatic carbocycles. The second-order valence-electron chi connectivity index (χ2n) is 1.69. The van der Waals surface area contributed by atoms with Gasteiger partial charge in [0.15, 0.2) is 5.96 Å². The molecule has 0 spiro atoms. The van der Waals surface area contributed by atoms with Gasteiger partial charge in [-0.2, -0.15) is 0 Å². The fourth-order valence-electron chi connectivity index (χ4n) is 0.460. The van der Waals surface area contributed by atoms with Crippen LogP contribution in [-0.2, 0) is 4.74 Å². The molecule has 0 saturated carbocycles. The van der Waals surface area contributed by atoms with Crippen LogP contribution in [0.1, 0.15) is 0 Å². The molecule has 0 fully saturated rings. The molecule has 0 saturated heterocycles. The van der Waals surface area contributed by atoms with Gasteiger partial charge in [0.25, 0.3) is 0 Å². The summed E-state index contributed by atoms with van der Waals surface area (Å²) in [6.07, 6.45) is 5.06. The minimum Gasteiger partial charge on any atom is -0.381 e. The third kappa shape index (κ3) is 3.75. The Morgan fingerprint density at radius 1 is 1.80 bits per heavy atom. The van der Waals surface area contributed by atoms with Gasteiger partial charge < -0.3 is 16.2 Å². The van der Waals surface area contributed by atoms with Gasteiger partial charge in [-0.25, -0.2) is 4.99 Å². The molecule has 0 bridgehead atoms. The van der Waals surface area contributed by atoms with Crippen LogP contribution in [0.5, 0.6) is 0 Å². The van der Waals surface area contributed by atoms with Crippen molar-refractivity contribution in [1.82, 2.24) is 0 Å². The fourth-order valence-corrected chi connectivity index (χ4v) is 0.460. The second-order valence-corrected chi connectivity index (χ2v) is 1.69. The lowest BCUT2D eigenvalue weighted by Crippen LogP contribution is -2.26. The Morgan fingerprint density at radius 3 is 2.70 bits per heavy atom. The van der Waals surface area contributed by atoms with Gasteiger partial charge in [-0.3, -0.25) is 0 Å². The number of hydrogen-bond donors (Lipinski definition) is 2. The van der Waals surface area contributed by atoms with Gasteiger partial charge in [-0.15, -0.1) is 6.42 Å². The zero-order valence-electron chi connectivity index (χ0n) is 5.87. The van der Waals surface area contributed by atoms with Gasteiger partial charge in [0, 0.05) is 7.11 Å². The standard InChI is InChI=1S/C6H11N3O/c1-3-5(4-10-2)9-6(7)8/h1,5H,4H2,2H3,(H4,7,8,9). The second kappa shape index (κ2) is 4.65.